The molecule has 1 saturated heterocycles. The Morgan fingerprint density at radius 3 is 2.37 bits per heavy atom. The lowest BCUT2D eigenvalue weighted by Crippen LogP contribution is -2.42. The number of amides is 1. The predicted molar refractivity (Wildman–Crippen MR) is 99.6 cm³/mol. The van der Waals surface area contributed by atoms with E-state index in [0.717, 1.165) is 17.4 Å². The van der Waals surface area contributed by atoms with Gasteiger partial charge in [0.15, 0.2) is 0 Å². The second-order valence-electron chi connectivity index (χ2n) is 6.57. The molecule has 0 spiro atoms. The largest absolute Gasteiger partial charge is 0.341 e. The molecule has 3 aromatic rings. The number of rotatable bonds is 3. The Bertz CT molecular complexity index is 1140. The summed E-state index contributed by atoms with van der Waals surface area (Å²) in [5, 5.41) is 0.259. The summed E-state index contributed by atoms with van der Waals surface area (Å²) in [6, 6.07) is 12.2. The molecule has 2 heterocycles. The Morgan fingerprint density at radius 2 is 1.63 bits per heavy atom. The van der Waals surface area contributed by atoms with E-state index >= 15 is 0 Å². The zero-order chi connectivity index (χ0) is 19.0. The molecular formula is C20H18FN3O3. The molecule has 6 nitrogen and oxygen atoms in total. The molecule has 0 N–H and O–H groups in total. The van der Waals surface area contributed by atoms with Gasteiger partial charge in [-0.25, -0.2) is 13.8 Å². The molecule has 0 radical (unpaired) electrons. The van der Waals surface area contributed by atoms with Gasteiger partial charge in [0, 0.05) is 13.1 Å². The van der Waals surface area contributed by atoms with Crippen LogP contribution in [0, 0.1) is 5.82 Å². The van der Waals surface area contributed by atoms with Crippen LogP contribution in [0.3, 0.4) is 0 Å². The Labute approximate surface area is 154 Å². The highest BCUT2D eigenvalue weighted by Crippen LogP contribution is 2.14. The number of fused-ring (bicyclic) bond motifs is 1. The molecule has 0 atom stereocenters. The number of likely N-dealkylation sites (tertiary alicyclic amines) is 1. The van der Waals surface area contributed by atoms with E-state index in [1.165, 1.54) is 22.8 Å². The molecule has 0 saturated carbocycles. The molecule has 1 aliphatic heterocycles. The van der Waals surface area contributed by atoms with E-state index in [1.807, 2.05) is 0 Å². The van der Waals surface area contributed by atoms with Gasteiger partial charge in [-0.05, 0) is 37.1 Å². The van der Waals surface area contributed by atoms with Crippen molar-refractivity contribution in [3.63, 3.8) is 0 Å². The van der Waals surface area contributed by atoms with Gasteiger partial charge in [-0.3, -0.25) is 14.2 Å². The van der Waals surface area contributed by atoms with Gasteiger partial charge in [0.1, 0.15) is 12.4 Å². The van der Waals surface area contributed by atoms with Gasteiger partial charge in [-0.2, -0.15) is 0 Å². The molecular weight excluding hydrogens is 349 g/mol. The van der Waals surface area contributed by atoms with Crippen LogP contribution in [0.2, 0.25) is 0 Å². The van der Waals surface area contributed by atoms with E-state index in [2.05, 4.69) is 0 Å². The Kier molecular flexibility index (Phi) is 4.35. The molecule has 7 heteroatoms. The zero-order valence-electron chi connectivity index (χ0n) is 14.6. The number of aromatic nitrogens is 2. The van der Waals surface area contributed by atoms with E-state index in [4.69, 9.17) is 0 Å². The molecule has 0 bridgehead atoms. The van der Waals surface area contributed by atoms with Crippen molar-refractivity contribution in [3.8, 4) is 5.69 Å². The van der Waals surface area contributed by atoms with Gasteiger partial charge in [0.05, 0.1) is 16.6 Å². The van der Waals surface area contributed by atoms with E-state index in [9.17, 15) is 18.8 Å². The number of hydrogen-bond acceptors (Lipinski definition) is 3. The van der Waals surface area contributed by atoms with E-state index in [-0.39, 0.29) is 23.5 Å². The van der Waals surface area contributed by atoms with Crippen molar-refractivity contribution >= 4 is 16.8 Å². The fourth-order valence-corrected chi connectivity index (χ4v) is 3.52. The quantitative estimate of drug-likeness (QED) is 0.710. The average Bonchev–Trinajstić information content (AvgIpc) is 3.21. The lowest BCUT2D eigenvalue weighted by molar-refractivity contribution is -0.130. The van der Waals surface area contributed by atoms with Gasteiger partial charge in [0.2, 0.25) is 5.91 Å². The maximum absolute atomic E-state index is 14.3. The van der Waals surface area contributed by atoms with Gasteiger partial charge in [0.25, 0.3) is 5.56 Å². The minimum Gasteiger partial charge on any atom is -0.341 e. The van der Waals surface area contributed by atoms with Crippen molar-refractivity contribution < 1.29 is 9.18 Å². The topological polar surface area (TPSA) is 64.3 Å². The number of benzene rings is 2. The number of carbonyl (C=O) groups is 1. The Morgan fingerprint density at radius 1 is 0.963 bits per heavy atom. The van der Waals surface area contributed by atoms with E-state index in [0.29, 0.717) is 18.6 Å². The van der Waals surface area contributed by atoms with Crippen molar-refractivity contribution in [2.24, 2.45) is 0 Å². The lowest BCUT2D eigenvalue weighted by Gasteiger charge is -2.18. The summed E-state index contributed by atoms with van der Waals surface area (Å²) < 4.78 is 16.3. The van der Waals surface area contributed by atoms with Crippen molar-refractivity contribution in [3.05, 3.63) is 75.2 Å². The number of halogens is 1. The first-order chi connectivity index (χ1) is 13.1. The Balaban J connectivity index is 1.95. The van der Waals surface area contributed by atoms with Gasteiger partial charge >= 0.3 is 5.69 Å². The highest BCUT2D eigenvalue weighted by molar-refractivity contribution is 5.82. The highest BCUT2D eigenvalue weighted by Gasteiger charge is 2.22. The summed E-state index contributed by atoms with van der Waals surface area (Å²) in [7, 11) is 0. The summed E-state index contributed by atoms with van der Waals surface area (Å²) in [6.45, 7) is 1.14. The predicted octanol–water partition coefficient (Wildman–Crippen LogP) is 1.91. The number of para-hydroxylation sites is 2. The van der Waals surface area contributed by atoms with Gasteiger partial charge in [-0.1, -0.05) is 24.3 Å². The summed E-state index contributed by atoms with van der Waals surface area (Å²) in [5.74, 6) is -0.858. The van der Waals surface area contributed by atoms with Crippen molar-refractivity contribution in [2.45, 2.75) is 19.4 Å². The molecule has 1 amide bonds. The molecule has 0 aliphatic carbocycles. The van der Waals surface area contributed by atoms with Gasteiger partial charge < -0.3 is 4.90 Å². The molecule has 27 heavy (non-hydrogen) atoms. The van der Waals surface area contributed by atoms with E-state index in [1.54, 1.807) is 35.2 Å². The van der Waals surface area contributed by atoms with Crippen LogP contribution in [0.4, 0.5) is 4.39 Å². The lowest BCUT2D eigenvalue weighted by atomic mass is 10.2. The molecule has 0 unspecified atom stereocenters. The minimum atomic E-state index is -0.726. The number of carbonyl (C=O) groups excluding carboxylic acids is 1. The standard InChI is InChI=1S/C20H18FN3O3/c21-15-8-2-4-10-17(15)24-19(26)14-7-1-3-9-16(14)23(20(24)27)13-18(25)22-11-5-6-12-22/h1-4,7-10H,5-6,11-13H2. The normalized spacial score (nSPS) is 14.0. The van der Waals surface area contributed by atoms with Crippen LogP contribution in [0.1, 0.15) is 12.8 Å². The minimum absolute atomic E-state index is 0.124. The van der Waals surface area contributed by atoms with Crippen molar-refractivity contribution in [1.82, 2.24) is 14.0 Å². The van der Waals surface area contributed by atoms with Gasteiger partial charge in [-0.15, -0.1) is 0 Å². The van der Waals surface area contributed by atoms with Crippen LogP contribution in [-0.4, -0.2) is 33.0 Å². The fourth-order valence-electron chi connectivity index (χ4n) is 3.52. The maximum Gasteiger partial charge on any atom is 0.336 e. The first kappa shape index (κ1) is 17.2. The van der Waals surface area contributed by atoms with Crippen LogP contribution < -0.4 is 11.2 Å². The molecule has 1 aliphatic rings. The van der Waals surface area contributed by atoms with Crippen LogP contribution in [0.15, 0.2) is 58.1 Å². The SMILES string of the molecule is O=C(Cn1c(=O)n(-c2ccccc2F)c(=O)c2ccccc21)N1CCCC1. The van der Waals surface area contributed by atoms with Crippen molar-refractivity contribution in [1.29, 1.82) is 0 Å². The first-order valence-electron chi connectivity index (χ1n) is 8.85. The number of hydrogen-bond donors (Lipinski definition) is 0. The smallest absolute Gasteiger partial charge is 0.336 e. The van der Waals surface area contributed by atoms with Crippen LogP contribution >= 0.6 is 0 Å². The molecule has 2 aromatic carbocycles. The second-order valence-corrected chi connectivity index (χ2v) is 6.57. The second kappa shape index (κ2) is 6.83. The zero-order valence-corrected chi connectivity index (χ0v) is 14.6. The van der Waals surface area contributed by atoms with Crippen LogP contribution in [-0.2, 0) is 11.3 Å². The van der Waals surface area contributed by atoms with E-state index < -0.39 is 17.1 Å². The summed E-state index contributed by atoms with van der Waals surface area (Å²) in [6.07, 6.45) is 1.88. The summed E-state index contributed by atoms with van der Waals surface area (Å²) in [4.78, 5) is 40.3. The Hall–Kier alpha value is -3.22. The van der Waals surface area contributed by atoms with Crippen LogP contribution in [0.25, 0.3) is 16.6 Å². The molecule has 1 fully saturated rings. The monoisotopic (exact) mass is 367 g/mol. The fraction of sp³-hybridized carbons (Fsp3) is 0.250. The number of nitrogens with zero attached hydrogens (tertiary/aromatic N) is 3. The maximum atomic E-state index is 14.3. The third-order valence-corrected chi connectivity index (χ3v) is 4.90. The van der Waals surface area contributed by atoms with Crippen LogP contribution in [0.5, 0.6) is 0 Å². The molecule has 4 rings (SSSR count). The first-order valence-corrected chi connectivity index (χ1v) is 8.85. The molecule has 1 aromatic heterocycles. The molecule has 138 valence electrons. The summed E-state index contributed by atoms with van der Waals surface area (Å²) >= 11 is 0. The average molecular weight is 367 g/mol. The summed E-state index contributed by atoms with van der Waals surface area (Å²) in [5.41, 5.74) is -1.09. The third kappa shape index (κ3) is 2.95. The highest BCUT2D eigenvalue weighted by atomic mass is 19.1. The third-order valence-electron chi connectivity index (χ3n) is 4.90. The van der Waals surface area contributed by atoms with Crippen molar-refractivity contribution in [2.75, 3.05) is 13.1 Å².